The zero-order valence-electron chi connectivity index (χ0n) is 18.6. The maximum atomic E-state index is 9.83. The van der Waals surface area contributed by atoms with E-state index in [9.17, 15) is 5.26 Å². The Bertz CT molecular complexity index is 1200. The first-order valence-corrected chi connectivity index (χ1v) is 10.8. The van der Waals surface area contributed by atoms with Crippen LogP contribution >= 0.6 is 11.6 Å². The quantitative estimate of drug-likeness (QED) is 0.624. The van der Waals surface area contributed by atoms with Gasteiger partial charge in [-0.05, 0) is 26.8 Å². The summed E-state index contributed by atoms with van der Waals surface area (Å²) in [6.07, 6.45) is 1.35. The zero-order valence-corrected chi connectivity index (χ0v) is 19.3. The maximum absolute atomic E-state index is 9.83. The van der Waals surface area contributed by atoms with Crippen LogP contribution in [0.1, 0.15) is 42.3 Å². The van der Waals surface area contributed by atoms with Gasteiger partial charge in [-0.1, -0.05) is 11.6 Å². The summed E-state index contributed by atoms with van der Waals surface area (Å²) >= 11 is 6.59. The number of rotatable bonds is 5. The molecule has 0 spiro atoms. The largest absolute Gasteiger partial charge is 0.489 e. The maximum Gasteiger partial charge on any atom is 0.164 e. The van der Waals surface area contributed by atoms with Crippen molar-refractivity contribution in [1.82, 2.24) is 24.6 Å². The van der Waals surface area contributed by atoms with Crippen molar-refractivity contribution in [2.45, 2.75) is 39.5 Å². The summed E-state index contributed by atoms with van der Waals surface area (Å²) in [5, 5.41) is 15.6. The van der Waals surface area contributed by atoms with Crippen molar-refractivity contribution in [3.05, 3.63) is 39.8 Å². The highest BCUT2D eigenvalue weighted by atomic mass is 35.5. The number of methoxy groups -OCH3 is 1. The third-order valence-corrected chi connectivity index (χ3v) is 6.11. The molecule has 10 heteroatoms. The minimum Gasteiger partial charge on any atom is -0.489 e. The molecule has 1 aromatic carbocycles. The van der Waals surface area contributed by atoms with Gasteiger partial charge in [0.25, 0.3) is 0 Å². The number of aryl methyl sites for hydroxylation is 1. The number of fused-ring (bicyclic) bond motifs is 2. The van der Waals surface area contributed by atoms with Gasteiger partial charge in [-0.3, -0.25) is 4.90 Å². The van der Waals surface area contributed by atoms with Gasteiger partial charge in [0.15, 0.2) is 5.65 Å². The van der Waals surface area contributed by atoms with Crippen LogP contribution in [0.25, 0.3) is 11.0 Å². The predicted molar refractivity (Wildman–Crippen MR) is 122 cm³/mol. The van der Waals surface area contributed by atoms with Crippen LogP contribution in [0.4, 0.5) is 5.82 Å². The summed E-state index contributed by atoms with van der Waals surface area (Å²) in [7, 11) is 1.68. The Hall–Kier alpha value is -2.93. The molecule has 2 aromatic heterocycles. The van der Waals surface area contributed by atoms with Gasteiger partial charge in [-0.15, -0.1) is 0 Å². The first-order valence-electron chi connectivity index (χ1n) is 10.4. The van der Waals surface area contributed by atoms with Gasteiger partial charge in [0, 0.05) is 37.9 Å². The summed E-state index contributed by atoms with van der Waals surface area (Å²) in [5.41, 5.74) is 9.51. The average Bonchev–Trinajstić information content (AvgIpc) is 3.01. The van der Waals surface area contributed by atoms with E-state index < -0.39 is 0 Å². The Morgan fingerprint density at radius 1 is 1.44 bits per heavy atom. The molecule has 3 heterocycles. The standard InChI is InChI=1S/C22H26ClN7O2/c1-12-9-29(5-6-31-4)10-17-16(8-24)18(23)7-15(20(17)32-12)14(3)30-22-19(13(2)28-30)21(25)26-11-27-22/h7,11-12,14H,5-6,9-10H2,1-4H3,(H2,25,26,27)/t12-,14?/m1/s1. The number of ether oxygens (including phenoxy) is 2. The summed E-state index contributed by atoms with van der Waals surface area (Å²) in [6.45, 7) is 8.47. The lowest BCUT2D eigenvalue weighted by Gasteiger charge is -2.22. The second-order valence-corrected chi connectivity index (χ2v) is 8.47. The number of hydrogen-bond donors (Lipinski definition) is 1. The predicted octanol–water partition coefficient (Wildman–Crippen LogP) is 3.08. The van der Waals surface area contributed by atoms with Gasteiger partial charge in [0.05, 0.1) is 34.3 Å². The molecule has 0 fully saturated rings. The number of hydrogen-bond acceptors (Lipinski definition) is 8. The molecule has 1 unspecified atom stereocenters. The molecule has 3 aromatic rings. The van der Waals surface area contributed by atoms with Crippen molar-refractivity contribution in [1.29, 1.82) is 5.26 Å². The molecule has 1 aliphatic heterocycles. The van der Waals surface area contributed by atoms with Crippen molar-refractivity contribution in [3.63, 3.8) is 0 Å². The Morgan fingerprint density at radius 2 is 2.22 bits per heavy atom. The van der Waals surface area contributed by atoms with Gasteiger partial charge in [0.2, 0.25) is 0 Å². The van der Waals surface area contributed by atoms with Crippen LogP contribution in [0.3, 0.4) is 0 Å². The van der Waals surface area contributed by atoms with E-state index in [1.807, 2.05) is 25.5 Å². The smallest absolute Gasteiger partial charge is 0.164 e. The van der Waals surface area contributed by atoms with Crippen LogP contribution < -0.4 is 10.5 Å². The lowest BCUT2D eigenvalue weighted by molar-refractivity contribution is 0.117. The molecular weight excluding hydrogens is 430 g/mol. The monoisotopic (exact) mass is 455 g/mol. The molecule has 0 saturated heterocycles. The molecule has 2 atom stereocenters. The van der Waals surface area contributed by atoms with Crippen molar-refractivity contribution >= 4 is 28.5 Å². The van der Waals surface area contributed by atoms with E-state index in [0.717, 1.165) is 28.8 Å². The number of anilines is 1. The van der Waals surface area contributed by atoms with Gasteiger partial charge in [0.1, 0.15) is 30.1 Å². The Morgan fingerprint density at radius 3 is 2.94 bits per heavy atom. The van der Waals surface area contributed by atoms with Gasteiger partial charge in [-0.25, -0.2) is 14.6 Å². The van der Waals surface area contributed by atoms with E-state index in [2.05, 4.69) is 26.0 Å². The number of benzene rings is 1. The molecule has 0 amide bonds. The number of aromatic nitrogens is 4. The van der Waals surface area contributed by atoms with Crippen molar-refractivity contribution in [2.24, 2.45) is 0 Å². The lowest BCUT2D eigenvalue weighted by atomic mass is 9.98. The third-order valence-electron chi connectivity index (χ3n) is 5.81. The molecule has 9 nitrogen and oxygen atoms in total. The summed E-state index contributed by atoms with van der Waals surface area (Å²) < 4.78 is 13.5. The molecule has 0 aliphatic carbocycles. The topological polar surface area (TPSA) is 115 Å². The zero-order chi connectivity index (χ0) is 23.0. The highest BCUT2D eigenvalue weighted by Crippen LogP contribution is 2.40. The fourth-order valence-electron chi connectivity index (χ4n) is 4.28. The molecule has 168 valence electrons. The molecule has 2 N–H and O–H groups in total. The van der Waals surface area contributed by atoms with Crippen molar-refractivity contribution in [3.8, 4) is 11.8 Å². The molecule has 1 aliphatic rings. The number of nitrogens with two attached hydrogens (primary N) is 1. The first kappa shape index (κ1) is 22.3. The molecule has 0 saturated carbocycles. The fraction of sp³-hybridized carbons (Fsp3) is 0.455. The fourth-order valence-corrected chi connectivity index (χ4v) is 4.55. The van der Waals surface area contributed by atoms with E-state index >= 15 is 0 Å². The van der Waals surface area contributed by atoms with Gasteiger partial charge in [-0.2, -0.15) is 10.4 Å². The molecule has 32 heavy (non-hydrogen) atoms. The van der Waals surface area contributed by atoms with Crippen molar-refractivity contribution < 1.29 is 9.47 Å². The number of nitriles is 1. The summed E-state index contributed by atoms with van der Waals surface area (Å²) in [5.74, 6) is 1.07. The average molecular weight is 456 g/mol. The van der Waals surface area contributed by atoms with Crippen LogP contribution in [0, 0.1) is 18.3 Å². The van der Waals surface area contributed by atoms with E-state index in [4.69, 9.17) is 26.8 Å². The third kappa shape index (κ3) is 3.86. The van der Waals surface area contributed by atoms with E-state index in [1.165, 1.54) is 6.33 Å². The second-order valence-electron chi connectivity index (χ2n) is 8.06. The number of nitrogen functional groups attached to an aromatic ring is 1. The minimum absolute atomic E-state index is 0.0826. The SMILES string of the molecule is COCCN1Cc2c(C#N)c(Cl)cc(C(C)n3nc(C)c4c(N)ncnc43)c2O[C@H](C)C1. The first-order chi connectivity index (χ1) is 15.3. The number of nitrogens with zero attached hydrogens (tertiary/aromatic N) is 6. The minimum atomic E-state index is -0.266. The van der Waals surface area contributed by atoms with Gasteiger partial charge < -0.3 is 15.2 Å². The second kappa shape index (κ2) is 8.90. The van der Waals surface area contributed by atoms with Crippen LogP contribution in [0.15, 0.2) is 12.4 Å². The number of halogens is 1. The molecule has 4 rings (SSSR count). The Balaban J connectivity index is 1.87. The summed E-state index contributed by atoms with van der Waals surface area (Å²) in [4.78, 5) is 10.7. The normalized spacial score (nSPS) is 17.4. The molecule has 0 radical (unpaired) electrons. The Kier molecular flexibility index (Phi) is 6.20. The van der Waals surface area contributed by atoms with Gasteiger partial charge >= 0.3 is 0 Å². The van der Waals surface area contributed by atoms with E-state index in [0.29, 0.717) is 47.5 Å². The van der Waals surface area contributed by atoms with E-state index in [1.54, 1.807) is 13.2 Å². The van der Waals surface area contributed by atoms with Crippen LogP contribution in [0.5, 0.6) is 5.75 Å². The Labute approximate surface area is 191 Å². The van der Waals surface area contributed by atoms with Crippen LogP contribution in [-0.2, 0) is 11.3 Å². The molecular formula is C22H26ClN7O2. The van der Waals surface area contributed by atoms with Crippen LogP contribution in [-0.4, -0.2) is 57.6 Å². The highest BCUT2D eigenvalue weighted by molar-refractivity contribution is 6.32. The summed E-state index contributed by atoms with van der Waals surface area (Å²) in [6, 6.07) is 3.79. The van der Waals surface area contributed by atoms with Crippen molar-refractivity contribution in [2.75, 3.05) is 32.5 Å². The van der Waals surface area contributed by atoms with Crippen LogP contribution in [0.2, 0.25) is 5.02 Å². The van der Waals surface area contributed by atoms with E-state index in [-0.39, 0.29) is 12.1 Å². The molecule has 0 bridgehead atoms. The lowest BCUT2D eigenvalue weighted by Crippen LogP contribution is -2.33. The highest BCUT2D eigenvalue weighted by Gasteiger charge is 2.30.